The van der Waals surface area contributed by atoms with E-state index in [0.717, 1.165) is 29.0 Å². The van der Waals surface area contributed by atoms with Gasteiger partial charge in [0.25, 0.3) is 0 Å². The molecule has 0 aliphatic rings. The first kappa shape index (κ1) is 16.1. The number of nitrogens with two attached hydrogens (primary N) is 1. The Bertz CT molecular complexity index is 733. The Morgan fingerprint density at radius 1 is 1.52 bits per heavy atom. The Morgan fingerprint density at radius 2 is 2.29 bits per heavy atom. The molecule has 0 aliphatic carbocycles. The normalized spacial score (nSPS) is 11.7. The van der Waals surface area contributed by atoms with E-state index in [-0.39, 0.29) is 9.20 Å². The average Bonchev–Trinajstić information content (AvgIpc) is 3.04. The monoisotopic (exact) mass is 344 g/mol. The SMILES string of the molecule is Cc1[nH]ncc1CCCNS(=O)(=O)c1ccc(C(N)=S)s1. The standard InChI is InChI=1S/C12H16N4O2S3/c1-8-9(7-14-16-8)3-2-6-15-21(17,18)11-5-4-10(20-11)12(13)19/h4-5,7,15H,2-3,6H2,1H3,(H2,13,19)(H,14,16). The van der Waals surface area contributed by atoms with Crippen molar-refractivity contribution in [2.24, 2.45) is 5.73 Å². The quantitative estimate of drug-likeness (QED) is 0.519. The van der Waals surface area contributed by atoms with Gasteiger partial charge in [-0.05, 0) is 37.5 Å². The highest BCUT2D eigenvalue weighted by atomic mass is 32.2. The van der Waals surface area contributed by atoms with E-state index in [1.807, 2.05) is 6.92 Å². The summed E-state index contributed by atoms with van der Waals surface area (Å²) in [5.74, 6) is 0. The molecular weight excluding hydrogens is 328 g/mol. The van der Waals surface area contributed by atoms with Gasteiger partial charge in [0, 0.05) is 12.2 Å². The van der Waals surface area contributed by atoms with Crippen LogP contribution < -0.4 is 10.5 Å². The highest BCUT2D eigenvalue weighted by Gasteiger charge is 2.16. The summed E-state index contributed by atoms with van der Waals surface area (Å²) >= 11 is 5.90. The number of hydrogen-bond acceptors (Lipinski definition) is 5. The maximum atomic E-state index is 12.1. The number of aryl methyl sites for hydroxylation is 2. The third-order valence-corrected chi connectivity index (χ3v) is 6.36. The largest absolute Gasteiger partial charge is 0.389 e. The Labute approximate surface area is 132 Å². The molecule has 0 fully saturated rings. The summed E-state index contributed by atoms with van der Waals surface area (Å²) in [6, 6.07) is 3.14. The molecule has 0 aromatic carbocycles. The molecule has 0 spiro atoms. The Kier molecular flexibility index (Phi) is 5.09. The zero-order valence-electron chi connectivity index (χ0n) is 11.4. The van der Waals surface area contributed by atoms with Gasteiger partial charge in [-0.3, -0.25) is 5.10 Å². The lowest BCUT2D eigenvalue weighted by atomic mass is 10.1. The van der Waals surface area contributed by atoms with Gasteiger partial charge < -0.3 is 5.73 Å². The van der Waals surface area contributed by atoms with Crippen molar-refractivity contribution >= 4 is 38.6 Å². The fourth-order valence-electron chi connectivity index (χ4n) is 1.78. The van der Waals surface area contributed by atoms with E-state index in [1.165, 1.54) is 6.07 Å². The van der Waals surface area contributed by atoms with Crippen LogP contribution in [0, 0.1) is 6.92 Å². The molecule has 2 aromatic rings. The van der Waals surface area contributed by atoms with Gasteiger partial charge >= 0.3 is 0 Å². The van der Waals surface area contributed by atoms with Gasteiger partial charge in [0.15, 0.2) is 0 Å². The van der Waals surface area contributed by atoms with Gasteiger partial charge in [0.05, 0.1) is 11.1 Å². The molecule has 0 bridgehead atoms. The maximum Gasteiger partial charge on any atom is 0.250 e. The first-order chi connectivity index (χ1) is 9.90. The van der Waals surface area contributed by atoms with E-state index >= 15 is 0 Å². The Morgan fingerprint density at radius 3 is 2.86 bits per heavy atom. The van der Waals surface area contributed by atoms with E-state index in [2.05, 4.69) is 14.9 Å². The van der Waals surface area contributed by atoms with Crippen molar-refractivity contribution in [3.63, 3.8) is 0 Å². The number of H-pyrrole nitrogens is 1. The Hall–Kier alpha value is -1.29. The lowest BCUT2D eigenvalue weighted by Crippen LogP contribution is -2.24. The summed E-state index contributed by atoms with van der Waals surface area (Å²) in [6.07, 6.45) is 3.23. The van der Waals surface area contributed by atoms with Crippen molar-refractivity contribution in [1.82, 2.24) is 14.9 Å². The van der Waals surface area contributed by atoms with E-state index < -0.39 is 10.0 Å². The first-order valence-corrected chi connectivity index (χ1v) is 8.99. The van der Waals surface area contributed by atoms with Crippen LogP contribution >= 0.6 is 23.6 Å². The van der Waals surface area contributed by atoms with Gasteiger partial charge in [-0.1, -0.05) is 12.2 Å². The highest BCUT2D eigenvalue weighted by molar-refractivity contribution is 7.91. The molecule has 2 heterocycles. The minimum absolute atomic E-state index is 0.205. The second-order valence-corrected chi connectivity index (χ2v) is 8.02. The summed E-state index contributed by atoms with van der Waals surface area (Å²) in [6.45, 7) is 2.31. The third kappa shape index (κ3) is 4.10. The molecular formula is C12H16N4O2S3. The van der Waals surface area contributed by atoms with Crippen LogP contribution in [0.15, 0.2) is 22.5 Å². The van der Waals surface area contributed by atoms with Crippen LogP contribution in [-0.4, -0.2) is 30.1 Å². The van der Waals surface area contributed by atoms with Crippen molar-refractivity contribution in [2.75, 3.05) is 6.54 Å². The number of aromatic amines is 1. The van der Waals surface area contributed by atoms with Crippen molar-refractivity contribution in [2.45, 2.75) is 24.0 Å². The molecule has 4 N–H and O–H groups in total. The molecule has 0 aliphatic heterocycles. The third-order valence-electron chi connectivity index (χ3n) is 2.94. The molecule has 0 atom stereocenters. The number of nitrogens with one attached hydrogen (secondary N) is 2. The highest BCUT2D eigenvalue weighted by Crippen LogP contribution is 2.21. The van der Waals surface area contributed by atoms with Crippen LogP contribution in [0.4, 0.5) is 0 Å². The Balaban J connectivity index is 1.89. The first-order valence-electron chi connectivity index (χ1n) is 6.28. The van der Waals surface area contributed by atoms with Gasteiger partial charge in [0.1, 0.15) is 9.20 Å². The predicted molar refractivity (Wildman–Crippen MR) is 87.0 cm³/mol. The van der Waals surface area contributed by atoms with Crippen LogP contribution in [0.2, 0.25) is 0 Å². The van der Waals surface area contributed by atoms with Gasteiger partial charge in [0.2, 0.25) is 10.0 Å². The second-order valence-electron chi connectivity index (χ2n) is 4.50. The van der Waals surface area contributed by atoms with Crippen LogP contribution in [0.5, 0.6) is 0 Å². The smallest absolute Gasteiger partial charge is 0.250 e. The van der Waals surface area contributed by atoms with E-state index in [4.69, 9.17) is 18.0 Å². The molecule has 0 amide bonds. The van der Waals surface area contributed by atoms with Crippen LogP contribution in [0.25, 0.3) is 0 Å². The van der Waals surface area contributed by atoms with Crippen LogP contribution in [0.1, 0.15) is 22.6 Å². The van der Waals surface area contributed by atoms with Crippen molar-refractivity contribution in [3.05, 3.63) is 34.5 Å². The van der Waals surface area contributed by atoms with Crippen LogP contribution in [-0.2, 0) is 16.4 Å². The predicted octanol–water partition coefficient (Wildman–Crippen LogP) is 1.32. The molecule has 2 rings (SSSR count). The fourth-order valence-corrected chi connectivity index (χ4v) is 4.25. The molecule has 114 valence electrons. The molecule has 0 saturated carbocycles. The minimum Gasteiger partial charge on any atom is -0.389 e. The fraction of sp³-hybridized carbons (Fsp3) is 0.333. The molecule has 0 radical (unpaired) electrons. The molecule has 9 heteroatoms. The molecule has 6 nitrogen and oxygen atoms in total. The maximum absolute atomic E-state index is 12.1. The zero-order chi connectivity index (χ0) is 15.5. The molecule has 2 aromatic heterocycles. The minimum atomic E-state index is -3.49. The van der Waals surface area contributed by atoms with E-state index in [1.54, 1.807) is 12.3 Å². The van der Waals surface area contributed by atoms with Crippen molar-refractivity contribution < 1.29 is 8.42 Å². The van der Waals surface area contributed by atoms with E-state index in [0.29, 0.717) is 17.8 Å². The number of nitrogens with zero attached hydrogens (tertiary/aromatic N) is 1. The lowest BCUT2D eigenvalue weighted by molar-refractivity contribution is 0.581. The number of rotatable bonds is 7. The number of thiophene rings is 1. The number of hydrogen-bond donors (Lipinski definition) is 3. The summed E-state index contributed by atoms with van der Waals surface area (Å²) in [4.78, 5) is 0.802. The topological polar surface area (TPSA) is 101 Å². The van der Waals surface area contributed by atoms with E-state index in [9.17, 15) is 8.42 Å². The molecule has 21 heavy (non-hydrogen) atoms. The van der Waals surface area contributed by atoms with Crippen molar-refractivity contribution in [1.29, 1.82) is 0 Å². The van der Waals surface area contributed by atoms with Gasteiger partial charge in [-0.25, -0.2) is 13.1 Å². The zero-order valence-corrected chi connectivity index (χ0v) is 13.9. The van der Waals surface area contributed by atoms with Gasteiger partial charge in [-0.2, -0.15) is 5.10 Å². The summed E-state index contributed by atoms with van der Waals surface area (Å²) in [7, 11) is -3.49. The number of sulfonamides is 1. The van der Waals surface area contributed by atoms with Crippen molar-refractivity contribution in [3.8, 4) is 0 Å². The summed E-state index contributed by atoms with van der Waals surface area (Å²) < 4.78 is 27.0. The molecule has 0 saturated heterocycles. The lowest BCUT2D eigenvalue weighted by Gasteiger charge is -2.04. The summed E-state index contributed by atoms with van der Waals surface area (Å²) in [5, 5.41) is 6.78. The number of thiocarbonyl (C=S) groups is 1. The molecule has 0 unspecified atom stereocenters. The average molecular weight is 344 g/mol. The number of aromatic nitrogens is 2. The summed E-state index contributed by atoms with van der Waals surface area (Å²) in [5.41, 5.74) is 7.59. The van der Waals surface area contributed by atoms with Crippen LogP contribution in [0.3, 0.4) is 0 Å². The van der Waals surface area contributed by atoms with Gasteiger partial charge in [-0.15, -0.1) is 11.3 Å². The second kappa shape index (κ2) is 6.65.